The van der Waals surface area contributed by atoms with E-state index >= 15 is 0 Å². The van der Waals surface area contributed by atoms with E-state index in [0.29, 0.717) is 17.0 Å². The van der Waals surface area contributed by atoms with Crippen LogP contribution >= 0.6 is 0 Å². The van der Waals surface area contributed by atoms with E-state index in [0.717, 1.165) is 5.56 Å². The molecule has 0 bridgehead atoms. The minimum Gasteiger partial charge on any atom is -0.334 e. The number of aryl methyl sites for hydroxylation is 1. The lowest BCUT2D eigenvalue weighted by Gasteiger charge is -1.99. The maximum absolute atomic E-state index is 13.3. The molecule has 0 amide bonds. The Labute approximate surface area is 119 Å². The highest BCUT2D eigenvalue weighted by atomic mass is 19.1. The first kappa shape index (κ1) is 12.9. The molecule has 0 aliphatic carbocycles. The van der Waals surface area contributed by atoms with Crippen LogP contribution in [0.5, 0.6) is 0 Å². The fourth-order valence-electron chi connectivity index (χ4n) is 1.91. The third-order valence-corrected chi connectivity index (χ3v) is 2.99. The minimum atomic E-state index is -0.363. The molecule has 0 aliphatic rings. The van der Waals surface area contributed by atoms with Crippen molar-refractivity contribution in [2.24, 2.45) is 0 Å². The molecule has 0 spiro atoms. The molecule has 102 valence electrons. The molecule has 0 N–H and O–H groups in total. The average molecular weight is 280 g/mol. The number of nitriles is 1. The summed E-state index contributed by atoms with van der Waals surface area (Å²) in [4.78, 5) is 8.12. The first-order chi connectivity index (χ1) is 10.2. The highest BCUT2D eigenvalue weighted by Gasteiger charge is 2.13. The molecule has 21 heavy (non-hydrogen) atoms. The van der Waals surface area contributed by atoms with Gasteiger partial charge in [0.15, 0.2) is 0 Å². The predicted octanol–water partition coefficient (Wildman–Crippen LogP) is 3.12. The van der Waals surface area contributed by atoms with Crippen molar-refractivity contribution in [2.75, 3.05) is 0 Å². The number of halogens is 1. The molecule has 0 unspecified atom stereocenters. The van der Waals surface area contributed by atoms with Gasteiger partial charge in [-0.2, -0.15) is 10.2 Å². The van der Waals surface area contributed by atoms with E-state index in [4.69, 9.17) is 9.78 Å². The fraction of sp³-hybridized carbons (Fsp3) is 0.0667. The van der Waals surface area contributed by atoms with Crippen molar-refractivity contribution >= 4 is 0 Å². The lowest BCUT2D eigenvalue weighted by molar-refractivity contribution is 0.432. The smallest absolute Gasteiger partial charge is 0.258 e. The second-order valence-corrected chi connectivity index (χ2v) is 4.42. The van der Waals surface area contributed by atoms with Crippen LogP contribution in [0.3, 0.4) is 0 Å². The summed E-state index contributed by atoms with van der Waals surface area (Å²) < 4.78 is 18.5. The molecule has 0 atom stereocenters. The van der Waals surface area contributed by atoms with Gasteiger partial charge in [0.05, 0.1) is 0 Å². The zero-order chi connectivity index (χ0) is 14.8. The Morgan fingerprint density at radius 3 is 2.90 bits per heavy atom. The maximum atomic E-state index is 13.3. The average Bonchev–Trinajstić information content (AvgIpc) is 2.99. The summed E-state index contributed by atoms with van der Waals surface area (Å²) >= 11 is 0. The van der Waals surface area contributed by atoms with E-state index in [-0.39, 0.29) is 17.4 Å². The van der Waals surface area contributed by atoms with Gasteiger partial charge in [-0.25, -0.2) is 9.37 Å². The molecule has 2 aromatic heterocycles. The number of benzene rings is 1. The summed E-state index contributed by atoms with van der Waals surface area (Å²) in [7, 11) is 0. The maximum Gasteiger partial charge on any atom is 0.258 e. The fourth-order valence-corrected chi connectivity index (χ4v) is 1.91. The molecule has 0 aliphatic heterocycles. The molecule has 5 nitrogen and oxygen atoms in total. The third-order valence-electron chi connectivity index (χ3n) is 2.99. The predicted molar refractivity (Wildman–Crippen MR) is 72.4 cm³/mol. The molecule has 3 rings (SSSR count). The zero-order valence-electron chi connectivity index (χ0n) is 11.0. The number of hydrogen-bond donors (Lipinski definition) is 0. The second kappa shape index (κ2) is 5.13. The normalized spacial score (nSPS) is 10.3. The van der Waals surface area contributed by atoms with Crippen LogP contribution in [0.25, 0.3) is 22.8 Å². The first-order valence-electron chi connectivity index (χ1n) is 6.14. The first-order valence-corrected chi connectivity index (χ1v) is 6.14. The van der Waals surface area contributed by atoms with Gasteiger partial charge in [-0.1, -0.05) is 11.2 Å². The quantitative estimate of drug-likeness (QED) is 0.720. The van der Waals surface area contributed by atoms with Gasteiger partial charge >= 0.3 is 0 Å². The summed E-state index contributed by atoms with van der Waals surface area (Å²) in [6.45, 7) is 1.84. The van der Waals surface area contributed by atoms with E-state index in [2.05, 4.69) is 15.1 Å². The van der Waals surface area contributed by atoms with Crippen LogP contribution in [-0.4, -0.2) is 15.1 Å². The highest BCUT2D eigenvalue weighted by molar-refractivity contribution is 5.63. The van der Waals surface area contributed by atoms with E-state index in [1.54, 1.807) is 18.2 Å². The Morgan fingerprint density at radius 2 is 2.10 bits per heavy atom. The van der Waals surface area contributed by atoms with Crippen LogP contribution in [0.15, 0.2) is 41.1 Å². The molecule has 1 aromatic carbocycles. The molecule has 2 heterocycles. The summed E-state index contributed by atoms with van der Waals surface area (Å²) in [6.07, 6.45) is 1.49. The van der Waals surface area contributed by atoms with Crippen molar-refractivity contribution in [2.45, 2.75) is 6.92 Å². The molecule has 0 saturated heterocycles. The Kier molecular flexibility index (Phi) is 3.16. The molecule has 3 aromatic rings. The zero-order valence-corrected chi connectivity index (χ0v) is 11.0. The number of aromatic nitrogens is 3. The molecular formula is C15H9FN4O. The molecule has 0 radical (unpaired) electrons. The summed E-state index contributed by atoms with van der Waals surface area (Å²) in [5.74, 6) is 0.197. The van der Waals surface area contributed by atoms with Crippen molar-refractivity contribution < 1.29 is 8.91 Å². The van der Waals surface area contributed by atoms with Crippen LogP contribution in [0.2, 0.25) is 0 Å². The standard InChI is InChI=1S/C15H9FN4O/c1-9-2-3-11(16)7-13(9)14-19-15(21-20-14)10-4-5-18-12(6-10)8-17/h2-7H,1H3. The highest BCUT2D eigenvalue weighted by Crippen LogP contribution is 2.25. The van der Waals surface area contributed by atoms with Crippen molar-refractivity contribution in [3.63, 3.8) is 0 Å². The van der Waals surface area contributed by atoms with Crippen LogP contribution in [0, 0.1) is 24.1 Å². The van der Waals surface area contributed by atoms with E-state index in [1.807, 2.05) is 13.0 Å². The van der Waals surface area contributed by atoms with Gasteiger partial charge in [-0.3, -0.25) is 0 Å². The van der Waals surface area contributed by atoms with Gasteiger partial charge in [-0.05, 0) is 36.8 Å². The Bertz CT molecular complexity index is 851. The van der Waals surface area contributed by atoms with E-state index < -0.39 is 0 Å². The van der Waals surface area contributed by atoms with Crippen LogP contribution < -0.4 is 0 Å². The lowest BCUT2D eigenvalue weighted by atomic mass is 10.1. The second-order valence-electron chi connectivity index (χ2n) is 4.42. The van der Waals surface area contributed by atoms with Crippen molar-refractivity contribution in [3.8, 4) is 28.9 Å². The van der Waals surface area contributed by atoms with Gasteiger partial charge in [0.2, 0.25) is 5.82 Å². The van der Waals surface area contributed by atoms with Crippen molar-refractivity contribution in [3.05, 3.63) is 53.6 Å². The van der Waals surface area contributed by atoms with E-state index in [1.165, 1.54) is 18.3 Å². The summed E-state index contributed by atoms with van der Waals surface area (Å²) in [6, 6.07) is 9.55. The van der Waals surface area contributed by atoms with E-state index in [9.17, 15) is 4.39 Å². The van der Waals surface area contributed by atoms with Gasteiger partial charge in [0.25, 0.3) is 5.89 Å². The Balaban J connectivity index is 2.04. The van der Waals surface area contributed by atoms with Crippen molar-refractivity contribution in [1.82, 2.24) is 15.1 Å². The van der Waals surface area contributed by atoms with Gasteiger partial charge in [-0.15, -0.1) is 0 Å². The summed E-state index contributed by atoms with van der Waals surface area (Å²) in [5, 5.41) is 12.7. The largest absolute Gasteiger partial charge is 0.334 e. The summed E-state index contributed by atoms with van der Waals surface area (Å²) in [5.41, 5.74) is 2.26. The Hall–Kier alpha value is -3.07. The van der Waals surface area contributed by atoms with Gasteiger partial charge in [0, 0.05) is 17.3 Å². The third kappa shape index (κ3) is 2.49. The SMILES string of the molecule is Cc1ccc(F)cc1-c1noc(-c2ccnc(C#N)c2)n1. The molecule has 0 fully saturated rings. The topological polar surface area (TPSA) is 75.6 Å². The number of hydrogen-bond acceptors (Lipinski definition) is 5. The van der Waals surface area contributed by atoms with Crippen molar-refractivity contribution in [1.29, 1.82) is 5.26 Å². The van der Waals surface area contributed by atoms with Crippen LogP contribution in [0.1, 0.15) is 11.3 Å². The number of nitrogens with zero attached hydrogens (tertiary/aromatic N) is 4. The minimum absolute atomic E-state index is 0.257. The van der Waals surface area contributed by atoms with Gasteiger partial charge in [0.1, 0.15) is 17.6 Å². The molecule has 6 heteroatoms. The molecular weight excluding hydrogens is 271 g/mol. The van der Waals surface area contributed by atoms with Gasteiger partial charge < -0.3 is 4.52 Å². The number of rotatable bonds is 2. The Morgan fingerprint density at radius 1 is 1.24 bits per heavy atom. The van der Waals surface area contributed by atoms with Crippen LogP contribution in [-0.2, 0) is 0 Å². The monoisotopic (exact) mass is 280 g/mol. The number of pyridine rings is 1. The lowest BCUT2D eigenvalue weighted by Crippen LogP contribution is -1.88. The van der Waals surface area contributed by atoms with Crippen LogP contribution in [0.4, 0.5) is 4.39 Å². The molecule has 0 saturated carbocycles.